The fourth-order valence-electron chi connectivity index (χ4n) is 4.71. The van der Waals surface area contributed by atoms with Crippen molar-refractivity contribution in [3.8, 4) is 23.8 Å². The SMILES string of the molecule is C#CCC(C)(C)c1nnc(-c2cc3c(cc2F)SC[C@H](NC(=O)OC(C)(C)C)C(=O)N3Cc2ccc(C3(C(F)(F)F)N=N3)cc2)o1. The second-order valence-electron chi connectivity index (χ2n) is 12.5. The summed E-state index contributed by atoms with van der Waals surface area (Å²) in [5.74, 6) is 1.40. The number of halogens is 4. The van der Waals surface area contributed by atoms with Crippen LogP contribution in [-0.2, 0) is 27.2 Å². The highest BCUT2D eigenvalue weighted by atomic mass is 32.2. The molecule has 0 aliphatic carbocycles. The Labute approximate surface area is 266 Å². The molecule has 5 rings (SSSR count). The van der Waals surface area contributed by atoms with E-state index in [4.69, 9.17) is 15.6 Å². The number of nitrogens with one attached hydrogen (secondary N) is 1. The first-order valence-corrected chi connectivity index (χ1v) is 15.1. The molecule has 0 bridgehead atoms. The van der Waals surface area contributed by atoms with Crippen LogP contribution in [0, 0.1) is 18.2 Å². The number of rotatable bonds is 7. The lowest BCUT2D eigenvalue weighted by Gasteiger charge is -2.27. The van der Waals surface area contributed by atoms with Crippen LogP contribution >= 0.6 is 11.8 Å². The van der Waals surface area contributed by atoms with Gasteiger partial charge in [0.15, 0.2) is 0 Å². The van der Waals surface area contributed by atoms with Crippen molar-refractivity contribution in [1.29, 1.82) is 0 Å². The van der Waals surface area contributed by atoms with Gasteiger partial charge in [-0.05, 0) is 38.5 Å². The first kappa shape index (κ1) is 32.9. The largest absolute Gasteiger partial charge is 0.444 e. The number of hydrogen-bond acceptors (Lipinski definition) is 9. The minimum atomic E-state index is -4.70. The molecule has 10 nitrogen and oxygen atoms in total. The maximum Gasteiger partial charge on any atom is 0.442 e. The molecule has 3 heterocycles. The van der Waals surface area contributed by atoms with Gasteiger partial charge >= 0.3 is 17.9 Å². The van der Waals surface area contributed by atoms with Gasteiger partial charge < -0.3 is 19.4 Å². The van der Waals surface area contributed by atoms with E-state index in [1.807, 2.05) is 0 Å². The molecule has 242 valence electrons. The van der Waals surface area contributed by atoms with Crippen molar-refractivity contribution in [3.05, 3.63) is 59.2 Å². The topological polar surface area (TPSA) is 122 Å². The van der Waals surface area contributed by atoms with E-state index in [2.05, 4.69) is 31.7 Å². The third-order valence-electron chi connectivity index (χ3n) is 7.17. The highest BCUT2D eigenvalue weighted by molar-refractivity contribution is 7.99. The maximum atomic E-state index is 15.6. The monoisotopic (exact) mass is 658 g/mol. The molecule has 2 amide bonds. The van der Waals surface area contributed by atoms with Crippen molar-refractivity contribution in [2.45, 2.75) is 81.4 Å². The van der Waals surface area contributed by atoms with Crippen molar-refractivity contribution in [1.82, 2.24) is 15.5 Å². The molecule has 15 heteroatoms. The van der Waals surface area contributed by atoms with E-state index in [0.717, 1.165) is 11.8 Å². The lowest BCUT2D eigenvalue weighted by Crippen LogP contribution is -2.50. The van der Waals surface area contributed by atoms with Crippen LogP contribution in [0.4, 0.5) is 28.0 Å². The molecule has 3 aromatic rings. The Kier molecular flexibility index (Phi) is 8.39. The fourth-order valence-corrected chi connectivity index (χ4v) is 5.78. The number of carbonyl (C=O) groups is 2. The van der Waals surface area contributed by atoms with Gasteiger partial charge in [0, 0.05) is 22.6 Å². The average molecular weight is 659 g/mol. The third-order valence-corrected chi connectivity index (χ3v) is 8.31. The van der Waals surface area contributed by atoms with Crippen LogP contribution in [0.15, 0.2) is 55.9 Å². The standard InChI is InChI=1S/C31H30F4N6O4S/c1-7-12-29(5,6)26-38-37-24(44-26)19-13-22-23(14-20(19)32)46-16-21(36-27(43)45-28(2,3)4)25(42)41(22)15-17-8-10-18(11-9-17)30(39-40-30)31(33,34)35/h1,8-11,13-14,21H,12,15-16H2,2-6H3,(H,36,43)/t21-/m0/s1. The van der Waals surface area contributed by atoms with E-state index in [9.17, 15) is 22.8 Å². The molecule has 2 aliphatic rings. The Bertz CT molecular complexity index is 1740. The van der Waals surface area contributed by atoms with Crippen LogP contribution in [0.5, 0.6) is 0 Å². The number of alkyl halides is 3. The summed E-state index contributed by atoms with van der Waals surface area (Å²) in [4.78, 5) is 28.4. The average Bonchev–Trinajstić information content (AvgIpc) is 3.65. The molecule has 46 heavy (non-hydrogen) atoms. The third kappa shape index (κ3) is 6.57. The molecule has 0 saturated carbocycles. The fraction of sp³-hybridized carbons (Fsp3) is 0.419. The zero-order valence-corrected chi connectivity index (χ0v) is 26.3. The number of benzene rings is 2. The number of amides is 2. The molecule has 2 aliphatic heterocycles. The Balaban J connectivity index is 1.52. The number of hydrogen-bond donors (Lipinski definition) is 1. The number of carbonyl (C=O) groups excluding carboxylic acids is 2. The highest BCUT2D eigenvalue weighted by Crippen LogP contribution is 2.52. The Hall–Kier alpha value is -4.45. The summed E-state index contributed by atoms with van der Waals surface area (Å²) in [6.45, 7) is 8.50. The number of alkyl carbamates (subject to hydrolysis) is 1. The van der Waals surface area contributed by atoms with Gasteiger partial charge in [-0.15, -0.1) is 44.5 Å². The molecule has 2 aromatic carbocycles. The van der Waals surface area contributed by atoms with Crippen LogP contribution in [0.1, 0.15) is 58.1 Å². The minimum absolute atomic E-state index is 0.0431. The molecular weight excluding hydrogens is 628 g/mol. The number of anilines is 1. The quantitative estimate of drug-likeness (QED) is 0.217. The summed E-state index contributed by atoms with van der Waals surface area (Å²) in [5, 5.41) is 17.1. The van der Waals surface area contributed by atoms with Crippen molar-refractivity contribution in [2.75, 3.05) is 10.7 Å². The van der Waals surface area contributed by atoms with Gasteiger partial charge in [0.05, 0.1) is 23.2 Å². The first-order chi connectivity index (χ1) is 21.4. The summed E-state index contributed by atoms with van der Waals surface area (Å²) in [6.07, 6.45) is 0.235. The number of ether oxygens (including phenoxy) is 1. The van der Waals surface area contributed by atoms with Gasteiger partial charge in [0.2, 0.25) is 5.89 Å². The smallest absolute Gasteiger partial charge is 0.442 e. The van der Waals surface area contributed by atoms with Crippen molar-refractivity contribution >= 4 is 29.4 Å². The number of terminal acetylenes is 1. The molecule has 0 radical (unpaired) electrons. The van der Waals surface area contributed by atoms with Gasteiger partial charge in [-0.2, -0.15) is 13.2 Å². The van der Waals surface area contributed by atoms with Crippen molar-refractivity contribution < 1.29 is 36.3 Å². The Morgan fingerprint density at radius 3 is 2.41 bits per heavy atom. The minimum Gasteiger partial charge on any atom is -0.444 e. The molecule has 0 saturated heterocycles. The summed E-state index contributed by atoms with van der Waals surface area (Å²) < 4.78 is 67.4. The van der Waals surface area contributed by atoms with E-state index in [1.165, 1.54) is 41.3 Å². The number of fused-ring (bicyclic) bond motifs is 1. The van der Waals surface area contributed by atoms with Crippen molar-refractivity contribution in [2.24, 2.45) is 10.2 Å². The zero-order valence-electron chi connectivity index (χ0n) is 25.5. The van der Waals surface area contributed by atoms with E-state index in [0.29, 0.717) is 10.5 Å². The molecule has 0 fully saturated rings. The summed E-state index contributed by atoms with van der Waals surface area (Å²) in [7, 11) is 0. The number of nitrogens with zero attached hydrogens (tertiary/aromatic N) is 5. The summed E-state index contributed by atoms with van der Waals surface area (Å²) in [6, 6.07) is 6.87. The molecule has 1 atom stereocenters. The van der Waals surface area contributed by atoms with Gasteiger partial charge in [-0.25, -0.2) is 9.18 Å². The van der Waals surface area contributed by atoms with Crippen molar-refractivity contribution in [3.63, 3.8) is 0 Å². The number of thioether (sulfide) groups is 1. The lowest BCUT2D eigenvalue weighted by atomic mass is 9.90. The molecule has 0 spiro atoms. The van der Waals surface area contributed by atoms with E-state index in [1.54, 1.807) is 34.6 Å². The lowest BCUT2D eigenvalue weighted by molar-refractivity contribution is -0.166. The second kappa shape index (κ2) is 11.7. The van der Waals surface area contributed by atoms with Crippen LogP contribution in [-0.4, -0.2) is 45.8 Å². The van der Waals surface area contributed by atoms with E-state index in [-0.39, 0.29) is 47.3 Å². The molecular formula is C31H30F4N6O4S. The number of aromatic nitrogens is 2. The maximum absolute atomic E-state index is 15.6. The van der Waals surface area contributed by atoms with Gasteiger partial charge in [-0.1, -0.05) is 38.1 Å². The van der Waals surface area contributed by atoms with E-state index >= 15 is 4.39 Å². The van der Waals surface area contributed by atoms with Crippen LogP contribution in [0.25, 0.3) is 11.5 Å². The predicted octanol–water partition coefficient (Wildman–Crippen LogP) is 6.89. The zero-order chi connectivity index (χ0) is 33.7. The Morgan fingerprint density at radius 1 is 1.15 bits per heavy atom. The highest BCUT2D eigenvalue weighted by Gasteiger charge is 2.65. The summed E-state index contributed by atoms with van der Waals surface area (Å²) >= 11 is 1.14. The van der Waals surface area contributed by atoms with Gasteiger partial charge in [0.1, 0.15) is 17.5 Å². The van der Waals surface area contributed by atoms with E-state index < -0.39 is 46.7 Å². The Morgan fingerprint density at radius 2 is 1.83 bits per heavy atom. The predicted molar refractivity (Wildman–Crippen MR) is 160 cm³/mol. The molecule has 1 aromatic heterocycles. The first-order valence-electron chi connectivity index (χ1n) is 14.1. The van der Waals surface area contributed by atoms with Gasteiger partial charge in [-0.3, -0.25) is 4.79 Å². The van der Waals surface area contributed by atoms with Gasteiger partial charge in [0.25, 0.3) is 11.8 Å². The summed E-state index contributed by atoms with van der Waals surface area (Å²) in [5.41, 5.74) is -3.64. The molecule has 1 N–H and O–H groups in total. The van der Waals surface area contributed by atoms with Crippen LogP contribution in [0.3, 0.4) is 0 Å². The second-order valence-corrected chi connectivity index (χ2v) is 13.5. The van der Waals surface area contributed by atoms with Crippen LogP contribution < -0.4 is 10.2 Å². The normalized spacial score (nSPS) is 17.6. The molecule has 0 unspecified atom stereocenters. The van der Waals surface area contributed by atoms with Crippen LogP contribution in [0.2, 0.25) is 0 Å².